The smallest absolute Gasteiger partial charge is 0.227 e. The summed E-state index contributed by atoms with van der Waals surface area (Å²) < 4.78 is 0. The minimum Gasteiger partial charge on any atom is -0.345 e. The maximum Gasteiger partial charge on any atom is 0.227 e. The second-order valence-electron chi connectivity index (χ2n) is 9.12. The van der Waals surface area contributed by atoms with Gasteiger partial charge in [-0.25, -0.2) is 0 Å². The number of carbonyl (C=O) groups is 1. The summed E-state index contributed by atoms with van der Waals surface area (Å²) in [4.78, 5) is 13.5. The minimum atomic E-state index is -0.270. The Kier molecular flexibility index (Phi) is 4.09. The SMILES string of the molecule is O=C(NC(c1ccccc1)c1ccccc1)C12C[C@@H]3C[C@@H](CC(Cl)(C3)C1)C2. The summed E-state index contributed by atoms with van der Waals surface area (Å²) >= 11 is 6.96. The molecule has 4 fully saturated rings. The van der Waals surface area contributed by atoms with Gasteiger partial charge in [0, 0.05) is 4.87 Å². The summed E-state index contributed by atoms with van der Waals surface area (Å²) in [5, 5.41) is 3.43. The van der Waals surface area contributed by atoms with Crippen LogP contribution < -0.4 is 5.32 Å². The van der Waals surface area contributed by atoms with Gasteiger partial charge < -0.3 is 5.32 Å². The predicted octanol–water partition coefficient (Wildman–Crippen LogP) is 5.47. The van der Waals surface area contributed by atoms with Crippen molar-refractivity contribution in [1.29, 1.82) is 0 Å². The van der Waals surface area contributed by atoms with E-state index in [1.807, 2.05) is 36.4 Å². The lowest BCUT2D eigenvalue weighted by molar-refractivity contribution is -0.145. The molecular weight excluding hydrogens is 354 g/mol. The van der Waals surface area contributed by atoms with Crippen LogP contribution in [-0.2, 0) is 4.79 Å². The van der Waals surface area contributed by atoms with Gasteiger partial charge in [0.2, 0.25) is 5.91 Å². The number of rotatable bonds is 4. The molecule has 140 valence electrons. The number of hydrogen-bond acceptors (Lipinski definition) is 1. The third-order valence-electron chi connectivity index (χ3n) is 7.01. The molecule has 0 heterocycles. The first-order chi connectivity index (χ1) is 13.1. The Bertz CT molecular complexity index is 780. The van der Waals surface area contributed by atoms with Crippen LogP contribution >= 0.6 is 11.6 Å². The van der Waals surface area contributed by atoms with Gasteiger partial charge in [-0.15, -0.1) is 11.6 Å². The molecule has 4 atom stereocenters. The van der Waals surface area contributed by atoms with E-state index in [1.54, 1.807) is 0 Å². The quantitative estimate of drug-likeness (QED) is 0.701. The van der Waals surface area contributed by atoms with Crippen molar-refractivity contribution in [2.24, 2.45) is 17.3 Å². The molecule has 27 heavy (non-hydrogen) atoms. The highest BCUT2D eigenvalue weighted by molar-refractivity contribution is 6.24. The fraction of sp³-hybridized carbons (Fsp3) is 0.458. The van der Waals surface area contributed by atoms with Crippen molar-refractivity contribution in [3.63, 3.8) is 0 Å². The molecule has 2 aromatic carbocycles. The number of amides is 1. The van der Waals surface area contributed by atoms with Crippen LogP contribution in [0.2, 0.25) is 0 Å². The number of alkyl halides is 1. The molecule has 0 aliphatic heterocycles. The van der Waals surface area contributed by atoms with Gasteiger partial charge in [0.1, 0.15) is 0 Å². The fourth-order valence-corrected chi connectivity index (χ4v) is 7.04. The van der Waals surface area contributed by atoms with E-state index >= 15 is 0 Å². The molecule has 4 bridgehead atoms. The van der Waals surface area contributed by atoms with Crippen LogP contribution in [0.25, 0.3) is 0 Å². The number of halogens is 1. The minimum absolute atomic E-state index is 0.112. The second kappa shape index (κ2) is 6.38. The summed E-state index contributed by atoms with van der Waals surface area (Å²) in [6.45, 7) is 0. The van der Waals surface area contributed by atoms with Gasteiger partial charge >= 0.3 is 0 Å². The zero-order valence-corrected chi connectivity index (χ0v) is 16.3. The van der Waals surface area contributed by atoms with E-state index < -0.39 is 0 Å². The number of carbonyl (C=O) groups excluding carboxylic acids is 1. The molecule has 2 aromatic rings. The molecule has 0 radical (unpaired) electrons. The van der Waals surface area contributed by atoms with E-state index in [2.05, 4.69) is 29.6 Å². The molecule has 3 heteroatoms. The zero-order valence-electron chi connectivity index (χ0n) is 15.5. The van der Waals surface area contributed by atoms with E-state index in [-0.39, 0.29) is 22.2 Å². The second-order valence-corrected chi connectivity index (χ2v) is 9.92. The first kappa shape index (κ1) is 17.3. The molecule has 2 nitrogen and oxygen atoms in total. The maximum atomic E-state index is 13.6. The van der Waals surface area contributed by atoms with Crippen molar-refractivity contribution in [2.45, 2.75) is 49.4 Å². The van der Waals surface area contributed by atoms with Crippen LogP contribution in [0.15, 0.2) is 60.7 Å². The summed E-state index contributed by atoms with van der Waals surface area (Å²) in [6, 6.07) is 20.5. The zero-order chi connectivity index (χ0) is 18.5. The van der Waals surface area contributed by atoms with Crippen molar-refractivity contribution in [2.75, 3.05) is 0 Å². The lowest BCUT2D eigenvalue weighted by atomic mass is 9.49. The van der Waals surface area contributed by atoms with Crippen molar-refractivity contribution < 1.29 is 4.79 Å². The Balaban J connectivity index is 1.46. The van der Waals surface area contributed by atoms with Crippen molar-refractivity contribution in [3.05, 3.63) is 71.8 Å². The van der Waals surface area contributed by atoms with Gasteiger partial charge in [0.25, 0.3) is 0 Å². The Hall–Kier alpha value is -1.80. The monoisotopic (exact) mass is 379 g/mol. The highest BCUT2D eigenvalue weighted by atomic mass is 35.5. The lowest BCUT2D eigenvalue weighted by Crippen LogP contribution is -2.58. The summed E-state index contributed by atoms with van der Waals surface area (Å²) in [5.41, 5.74) is 1.98. The van der Waals surface area contributed by atoms with Gasteiger partial charge in [-0.1, -0.05) is 60.7 Å². The molecule has 0 spiro atoms. The predicted molar refractivity (Wildman–Crippen MR) is 109 cm³/mol. The molecule has 4 aliphatic carbocycles. The summed E-state index contributed by atoms with van der Waals surface area (Å²) in [6.07, 6.45) is 6.34. The number of hydrogen-bond donors (Lipinski definition) is 1. The first-order valence-corrected chi connectivity index (χ1v) is 10.5. The Morgan fingerprint density at radius 2 is 1.41 bits per heavy atom. The molecule has 4 aliphatic rings. The standard InChI is InChI=1S/C24H26ClNO/c25-24-14-17-11-18(15-24)13-23(12-17,16-24)22(27)26-21(19-7-3-1-4-8-19)20-9-5-2-6-10-20/h1-10,17-18,21H,11-16H2,(H,26,27)/t17-,18+,23?,24?. The molecule has 4 saturated carbocycles. The third-order valence-corrected chi connectivity index (χ3v) is 7.45. The van der Waals surface area contributed by atoms with Crippen molar-refractivity contribution in [1.82, 2.24) is 5.32 Å². The van der Waals surface area contributed by atoms with Gasteiger partial charge in [0.15, 0.2) is 0 Å². The van der Waals surface area contributed by atoms with Crippen LogP contribution in [0.5, 0.6) is 0 Å². The van der Waals surface area contributed by atoms with Gasteiger partial charge in [-0.05, 0) is 61.5 Å². The van der Waals surface area contributed by atoms with E-state index in [1.165, 1.54) is 6.42 Å². The molecule has 1 N–H and O–H groups in total. The Morgan fingerprint density at radius 3 is 1.89 bits per heavy atom. The first-order valence-electron chi connectivity index (χ1n) is 10.2. The third kappa shape index (κ3) is 3.08. The molecular formula is C24H26ClNO. The van der Waals surface area contributed by atoms with Crippen LogP contribution in [-0.4, -0.2) is 10.8 Å². The molecule has 1 amide bonds. The van der Waals surface area contributed by atoms with Crippen LogP contribution in [0.4, 0.5) is 0 Å². The Labute approximate surface area is 166 Å². The van der Waals surface area contributed by atoms with Crippen LogP contribution in [0, 0.1) is 17.3 Å². The van der Waals surface area contributed by atoms with Crippen LogP contribution in [0.3, 0.4) is 0 Å². The lowest BCUT2D eigenvalue weighted by Gasteiger charge is -2.59. The van der Waals surface area contributed by atoms with E-state index in [0.717, 1.165) is 43.2 Å². The molecule has 6 rings (SSSR count). The normalized spacial score (nSPS) is 34.0. The van der Waals surface area contributed by atoms with Gasteiger partial charge in [0.05, 0.1) is 11.5 Å². The van der Waals surface area contributed by atoms with Crippen molar-refractivity contribution >= 4 is 17.5 Å². The topological polar surface area (TPSA) is 29.1 Å². The van der Waals surface area contributed by atoms with Gasteiger partial charge in [-0.2, -0.15) is 0 Å². The average molecular weight is 380 g/mol. The molecule has 0 aromatic heterocycles. The number of benzene rings is 2. The highest BCUT2D eigenvalue weighted by Crippen LogP contribution is 2.64. The molecule has 0 saturated heterocycles. The van der Waals surface area contributed by atoms with E-state index in [9.17, 15) is 4.79 Å². The highest BCUT2D eigenvalue weighted by Gasteiger charge is 2.60. The summed E-state index contributed by atoms with van der Waals surface area (Å²) in [5.74, 6) is 1.46. The van der Waals surface area contributed by atoms with Crippen molar-refractivity contribution in [3.8, 4) is 0 Å². The maximum absolute atomic E-state index is 13.6. The van der Waals surface area contributed by atoms with Gasteiger partial charge in [-0.3, -0.25) is 4.79 Å². The fourth-order valence-electron chi connectivity index (χ4n) is 6.35. The molecule has 2 unspecified atom stereocenters. The van der Waals surface area contributed by atoms with E-state index in [0.29, 0.717) is 11.8 Å². The average Bonchev–Trinajstić information content (AvgIpc) is 2.65. The number of nitrogens with one attached hydrogen (secondary N) is 1. The summed E-state index contributed by atoms with van der Waals surface area (Å²) in [7, 11) is 0. The van der Waals surface area contributed by atoms with Crippen LogP contribution in [0.1, 0.15) is 55.7 Å². The van der Waals surface area contributed by atoms with E-state index in [4.69, 9.17) is 11.6 Å². The largest absolute Gasteiger partial charge is 0.345 e. The Morgan fingerprint density at radius 1 is 0.889 bits per heavy atom.